The van der Waals surface area contributed by atoms with Crippen molar-refractivity contribution in [2.24, 2.45) is 0 Å². The highest BCUT2D eigenvalue weighted by Gasteiger charge is 2.16. The molecule has 0 aliphatic carbocycles. The van der Waals surface area contributed by atoms with Crippen LogP contribution in [0.4, 0.5) is 4.39 Å². The summed E-state index contributed by atoms with van der Waals surface area (Å²) >= 11 is 1.47. The summed E-state index contributed by atoms with van der Waals surface area (Å²) in [5.41, 5.74) is 3.25. The van der Waals surface area contributed by atoms with Gasteiger partial charge in [0.15, 0.2) is 0 Å². The molecule has 3 heterocycles. The molecule has 3 aromatic heterocycles. The maximum atomic E-state index is 13.1. The average Bonchev–Trinajstić information content (AvgIpc) is 3.38. The van der Waals surface area contributed by atoms with Gasteiger partial charge in [-0.2, -0.15) is 14.7 Å². The van der Waals surface area contributed by atoms with Crippen LogP contribution in [0.2, 0.25) is 0 Å². The number of nitrogens with zero attached hydrogens (tertiary/aromatic N) is 5. The van der Waals surface area contributed by atoms with Gasteiger partial charge in [0.1, 0.15) is 16.5 Å². The maximum Gasteiger partial charge on any atom is 0.235 e. The minimum absolute atomic E-state index is 0.278. The van der Waals surface area contributed by atoms with E-state index in [1.165, 1.54) is 23.5 Å². The largest absolute Gasteiger partial charge is 0.274 e. The third kappa shape index (κ3) is 2.47. The predicted molar refractivity (Wildman–Crippen MR) is 97.1 cm³/mol. The van der Waals surface area contributed by atoms with Gasteiger partial charge < -0.3 is 0 Å². The van der Waals surface area contributed by atoms with Gasteiger partial charge in [-0.25, -0.2) is 4.39 Å². The van der Waals surface area contributed by atoms with E-state index in [4.69, 9.17) is 0 Å². The van der Waals surface area contributed by atoms with E-state index >= 15 is 0 Å². The Morgan fingerprint density at radius 2 is 1.73 bits per heavy atom. The molecule has 5 aromatic rings. The van der Waals surface area contributed by atoms with Crippen molar-refractivity contribution in [3.8, 4) is 33.3 Å². The van der Waals surface area contributed by atoms with Gasteiger partial charge in [-0.15, -0.1) is 10.2 Å². The van der Waals surface area contributed by atoms with Crippen LogP contribution in [-0.4, -0.2) is 30.0 Å². The van der Waals surface area contributed by atoms with Crippen molar-refractivity contribution >= 4 is 16.3 Å². The fourth-order valence-corrected chi connectivity index (χ4v) is 3.53. The van der Waals surface area contributed by atoms with Gasteiger partial charge in [-0.1, -0.05) is 41.7 Å². The fourth-order valence-electron chi connectivity index (χ4n) is 2.69. The highest BCUT2D eigenvalue weighted by atomic mass is 32.1. The molecule has 0 atom stereocenters. The van der Waals surface area contributed by atoms with Gasteiger partial charge >= 0.3 is 0 Å². The van der Waals surface area contributed by atoms with Gasteiger partial charge in [0.25, 0.3) is 0 Å². The summed E-state index contributed by atoms with van der Waals surface area (Å²) in [7, 11) is 0. The first-order valence-electron chi connectivity index (χ1n) is 7.87. The van der Waals surface area contributed by atoms with E-state index in [0.717, 1.165) is 16.1 Å². The Morgan fingerprint density at radius 1 is 0.923 bits per heavy atom. The molecule has 126 valence electrons. The van der Waals surface area contributed by atoms with E-state index in [0.29, 0.717) is 22.2 Å². The monoisotopic (exact) mass is 362 g/mol. The Labute approximate surface area is 151 Å². The number of aromatic nitrogens is 6. The maximum absolute atomic E-state index is 13.1. The third-order valence-corrected chi connectivity index (χ3v) is 4.92. The number of hydrogen-bond donors (Lipinski definition) is 1. The molecule has 5 rings (SSSR count). The standard InChI is InChI=1S/C18H11FN6S/c19-13-8-6-11(7-9-13)14-10-15(21-20-14)16-22-23-18-25(16)24-17(26-18)12-4-2-1-3-5-12/h1-10H,(H,20,21). The zero-order valence-electron chi connectivity index (χ0n) is 13.3. The summed E-state index contributed by atoms with van der Waals surface area (Å²) in [6, 6.07) is 18.0. The smallest absolute Gasteiger partial charge is 0.235 e. The Balaban J connectivity index is 1.55. The lowest BCUT2D eigenvalue weighted by Crippen LogP contribution is -1.91. The van der Waals surface area contributed by atoms with Crippen LogP contribution in [0.3, 0.4) is 0 Å². The van der Waals surface area contributed by atoms with Crippen LogP contribution in [0.5, 0.6) is 0 Å². The van der Waals surface area contributed by atoms with Crippen LogP contribution >= 0.6 is 11.3 Å². The molecule has 0 spiro atoms. The number of nitrogens with one attached hydrogen (secondary N) is 1. The number of fused-ring (bicyclic) bond motifs is 1. The lowest BCUT2D eigenvalue weighted by atomic mass is 10.1. The molecule has 1 N–H and O–H groups in total. The van der Waals surface area contributed by atoms with Crippen molar-refractivity contribution in [1.29, 1.82) is 0 Å². The molecule has 0 unspecified atom stereocenters. The van der Waals surface area contributed by atoms with Gasteiger partial charge in [0, 0.05) is 11.1 Å². The molecule has 26 heavy (non-hydrogen) atoms. The van der Waals surface area contributed by atoms with Crippen molar-refractivity contribution in [2.45, 2.75) is 0 Å². The van der Waals surface area contributed by atoms with E-state index in [-0.39, 0.29) is 5.82 Å². The third-order valence-electron chi connectivity index (χ3n) is 3.97. The van der Waals surface area contributed by atoms with Crippen molar-refractivity contribution in [1.82, 2.24) is 30.0 Å². The summed E-state index contributed by atoms with van der Waals surface area (Å²) in [5.74, 6) is 0.305. The van der Waals surface area contributed by atoms with Gasteiger partial charge in [-0.05, 0) is 30.3 Å². The zero-order valence-corrected chi connectivity index (χ0v) is 14.1. The first-order valence-corrected chi connectivity index (χ1v) is 8.69. The first-order chi connectivity index (χ1) is 12.8. The second kappa shape index (κ2) is 5.85. The van der Waals surface area contributed by atoms with Gasteiger partial charge in [0.05, 0.1) is 5.69 Å². The van der Waals surface area contributed by atoms with Crippen LogP contribution < -0.4 is 0 Å². The highest BCUT2D eigenvalue weighted by molar-refractivity contribution is 7.19. The Hall–Kier alpha value is -3.39. The molecule has 2 aromatic carbocycles. The molecule has 0 saturated carbocycles. The van der Waals surface area contributed by atoms with Gasteiger partial charge in [-0.3, -0.25) is 5.10 Å². The molecule has 0 aliphatic rings. The SMILES string of the molecule is Fc1ccc(-c2cc(-c3nnc4sc(-c5ccccc5)nn34)[nH]n2)cc1. The Kier molecular flexibility index (Phi) is 3.36. The first kappa shape index (κ1) is 14.9. The van der Waals surface area contributed by atoms with E-state index in [2.05, 4.69) is 25.5 Å². The molecule has 6 nitrogen and oxygen atoms in total. The Bertz CT molecular complexity index is 1190. The fraction of sp³-hybridized carbons (Fsp3) is 0. The van der Waals surface area contributed by atoms with E-state index in [9.17, 15) is 4.39 Å². The molecule has 0 bridgehead atoms. The Morgan fingerprint density at radius 3 is 2.54 bits per heavy atom. The summed E-state index contributed by atoms with van der Waals surface area (Å²) in [5, 5.41) is 21.2. The predicted octanol–water partition coefficient (Wildman–Crippen LogP) is 4.05. The van der Waals surface area contributed by atoms with Crippen LogP contribution in [0.25, 0.3) is 38.3 Å². The normalized spacial score (nSPS) is 11.3. The van der Waals surface area contributed by atoms with Crippen LogP contribution in [0.1, 0.15) is 0 Å². The minimum Gasteiger partial charge on any atom is -0.274 e. The molecule has 0 fully saturated rings. The second-order valence-corrected chi connectivity index (χ2v) is 6.62. The van der Waals surface area contributed by atoms with E-state index in [1.807, 2.05) is 36.4 Å². The quantitative estimate of drug-likeness (QED) is 0.526. The lowest BCUT2D eigenvalue weighted by Gasteiger charge is -1.94. The van der Waals surface area contributed by atoms with Crippen molar-refractivity contribution in [2.75, 3.05) is 0 Å². The second-order valence-electron chi connectivity index (χ2n) is 5.66. The topological polar surface area (TPSA) is 71.8 Å². The molecule has 0 radical (unpaired) electrons. The number of H-pyrrole nitrogens is 1. The summed E-state index contributed by atoms with van der Waals surface area (Å²) in [4.78, 5) is 0.705. The molecule has 0 aliphatic heterocycles. The number of benzene rings is 2. The zero-order chi connectivity index (χ0) is 17.5. The van der Waals surface area contributed by atoms with Crippen molar-refractivity contribution in [3.63, 3.8) is 0 Å². The van der Waals surface area contributed by atoms with E-state index in [1.54, 1.807) is 16.6 Å². The van der Waals surface area contributed by atoms with Gasteiger partial charge in [0.2, 0.25) is 10.8 Å². The number of rotatable bonds is 3. The minimum atomic E-state index is -0.278. The van der Waals surface area contributed by atoms with Crippen LogP contribution in [0, 0.1) is 5.82 Å². The summed E-state index contributed by atoms with van der Waals surface area (Å²) in [6.07, 6.45) is 0. The molecular weight excluding hydrogens is 351 g/mol. The number of aromatic amines is 1. The molecule has 8 heteroatoms. The number of halogens is 1. The van der Waals surface area contributed by atoms with Crippen molar-refractivity contribution in [3.05, 3.63) is 66.5 Å². The summed E-state index contributed by atoms with van der Waals surface area (Å²) < 4.78 is 14.8. The summed E-state index contributed by atoms with van der Waals surface area (Å²) in [6.45, 7) is 0. The van der Waals surface area contributed by atoms with E-state index < -0.39 is 0 Å². The molecule has 0 saturated heterocycles. The van der Waals surface area contributed by atoms with Crippen LogP contribution in [0.15, 0.2) is 60.7 Å². The lowest BCUT2D eigenvalue weighted by molar-refractivity contribution is 0.628. The molecular formula is C18H11FN6S. The van der Waals surface area contributed by atoms with Crippen LogP contribution in [-0.2, 0) is 0 Å². The average molecular weight is 362 g/mol. The van der Waals surface area contributed by atoms with Crippen molar-refractivity contribution < 1.29 is 4.39 Å². The number of hydrogen-bond acceptors (Lipinski definition) is 5. The highest BCUT2D eigenvalue weighted by Crippen LogP contribution is 2.28. The molecule has 0 amide bonds.